The van der Waals surface area contributed by atoms with Gasteiger partial charge in [0, 0.05) is 18.6 Å². The van der Waals surface area contributed by atoms with Crippen molar-refractivity contribution in [2.24, 2.45) is 5.41 Å². The Labute approximate surface area is 107 Å². The maximum atomic E-state index is 3.39. The van der Waals surface area contributed by atoms with E-state index in [2.05, 4.69) is 31.1 Å². The molecule has 2 atom stereocenters. The molecule has 1 heterocycles. The van der Waals surface area contributed by atoms with Gasteiger partial charge in [-0.15, -0.1) is 0 Å². The van der Waals surface area contributed by atoms with Crippen molar-refractivity contribution in [2.75, 3.05) is 20.1 Å². The summed E-state index contributed by atoms with van der Waals surface area (Å²) < 4.78 is 0. The van der Waals surface area contributed by atoms with Gasteiger partial charge in [0.15, 0.2) is 0 Å². The minimum Gasteiger partial charge on any atom is -0.318 e. The van der Waals surface area contributed by atoms with E-state index in [1.807, 2.05) is 0 Å². The maximum absolute atomic E-state index is 3.39. The van der Waals surface area contributed by atoms with Gasteiger partial charge in [-0.1, -0.05) is 33.1 Å². The zero-order valence-electron chi connectivity index (χ0n) is 12.0. The average molecular weight is 238 g/mol. The summed E-state index contributed by atoms with van der Waals surface area (Å²) in [5, 5.41) is 3.39. The van der Waals surface area contributed by atoms with Crippen molar-refractivity contribution >= 4 is 0 Å². The molecule has 0 aromatic rings. The number of likely N-dealkylation sites (N-methyl/N-ethyl adjacent to an activating group) is 1. The van der Waals surface area contributed by atoms with Crippen LogP contribution in [-0.4, -0.2) is 37.1 Å². The molecule has 0 aromatic heterocycles. The maximum Gasteiger partial charge on any atom is 0.0223 e. The van der Waals surface area contributed by atoms with E-state index in [1.54, 1.807) is 0 Å². The number of piperidine rings is 1. The molecule has 0 amide bonds. The third-order valence-electron chi connectivity index (χ3n) is 4.96. The lowest BCUT2D eigenvalue weighted by Gasteiger charge is -2.50. The van der Waals surface area contributed by atoms with Crippen molar-refractivity contribution in [1.82, 2.24) is 10.2 Å². The summed E-state index contributed by atoms with van der Waals surface area (Å²) in [5.41, 5.74) is 0.529. The molecule has 100 valence electrons. The lowest BCUT2D eigenvalue weighted by Crippen LogP contribution is -2.55. The van der Waals surface area contributed by atoms with E-state index >= 15 is 0 Å². The van der Waals surface area contributed by atoms with Crippen LogP contribution < -0.4 is 5.32 Å². The molecule has 1 aliphatic heterocycles. The summed E-state index contributed by atoms with van der Waals surface area (Å²) >= 11 is 0. The molecule has 17 heavy (non-hydrogen) atoms. The summed E-state index contributed by atoms with van der Waals surface area (Å²) in [4.78, 5) is 2.85. The fraction of sp³-hybridized carbons (Fsp3) is 1.00. The first-order valence-electron chi connectivity index (χ1n) is 7.55. The molecular formula is C15H30N2. The van der Waals surface area contributed by atoms with E-state index in [4.69, 9.17) is 0 Å². The van der Waals surface area contributed by atoms with Crippen LogP contribution in [0, 0.1) is 5.41 Å². The first-order chi connectivity index (χ1) is 8.15. The van der Waals surface area contributed by atoms with Crippen LogP contribution >= 0.6 is 0 Å². The van der Waals surface area contributed by atoms with Gasteiger partial charge < -0.3 is 5.32 Å². The average Bonchev–Trinajstić information content (AvgIpc) is 2.30. The molecule has 2 fully saturated rings. The van der Waals surface area contributed by atoms with Crippen molar-refractivity contribution in [3.05, 3.63) is 0 Å². The first kappa shape index (κ1) is 13.4. The van der Waals surface area contributed by atoms with E-state index in [0.717, 1.165) is 12.1 Å². The molecule has 1 saturated heterocycles. The third-order valence-corrected chi connectivity index (χ3v) is 4.96. The molecule has 1 saturated carbocycles. The number of likely N-dealkylation sites (tertiary alicyclic amines) is 1. The second-order valence-corrected chi connectivity index (χ2v) is 6.70. The highest BCUT2D eigenvalue weighted by atomic mass is 15.2. The fourth-order valence-corrected chi connectivity index (χ4v) is 3.98. The van der Waals surface area contributed by atoms with Gasteiger partial charge in [-0.25, -0.2) is 0 Å². The second kappa shape index (κ2) is 5.71. The molecule has 0 spiro atoms. The van der Waals surface area contributed by atoms with Gasteiger partial charge in [0.05, 0.1) is 0 Å². The van der Waals surface area contributed by atoms with Gasteiger partial charge in [0.2, 0.25) is 0 Å². The van der Waals surface area contributed by atoms with Crippen molar-refractivity contribution in [3.63, 3.8) is 0 Å². The van der Waals surface area contributed by atoms with E-state index in [9.17, 15) is 0 Å². The Morgan fingerprint density at radius 3 is 2.59 bits per heavy atom. The van der Waals surface area contributed by atoms with Gasteiger partial charge in [-0.3, -0.25) is 4.90 Å². The zero-order chi connectivity index (χ0) is 12.3. The number of nitrogens with zero attached hydrogens (tertiary/aromatic N) is 1. The Morgan fingerprint density at radius 2 is 1.88 bits per heavy atom. The predicted molar refractivity (Wildman–Crippen MR) is 74.3 cm³/mol. The summed E-state index contributed by atoms with van der Waals surface area (Å²) in [6.07, 6.45) is 9.95. The highest BCUT2D eigenvalue weighted by Crippen LogP contribution is 2.40. The molecule has 0 bridgehead atoms. The lowest BCUT2D eigenvalue weighted by molar-refractivity contribution is 0.00120. The number of nitrogens with one attached hydrogen (secondary N) is 1. The SMILES string of the molecule is CNCC1CCCCN1C1CCCCC1(C)C. The normalized spacial score (nSPS) is 34.8. The smallest absolute Gasteiger partial charge is 0.0223 e. The molecule has 2 aliphatic rings. The Balaban J connectivity index is 2.06. The predicted octanol–water partition coefficient (Wildman–Crippen LogP) is 3.03. The minimum absolute atomic E-state index is 0.529. The largest absolute Gasteiger partial charge is 0.318 e. The molecule has 2 rings (SSSR count). The lowest BCUT2D eigenvalue weighted by atomic mass is 9.71. The van der Waals surface area contributed by atoms with Crippen LogP contribution in [0.2, 0.25) is 0 Å². The second-order valence-electron chi connectivity index (χ2n) is 6.70. The summed E-state index contributed by atoms with van der Waals surface area (Å²) in [6, 6.07) is 1.62. The Morgan fingerprint density at radius 1 is 1.12 bits per heavy atom. The van der Waals surface area contributed by atoms with Crippen LogP contribution in [0.1, 0.15) is 58.8 Å². The van der Waals surface area contributed by atoms with E-state index in [-0.39, 0.29) is 0 Å². The Bertz CT molecular complexity index is 235. The van der Waals surface area contributed by atoms with E-state index in [0.29, 0.717) is 5.41 Å². The Hall–Kier alpha value is -0.0800. The molecular weight excluding hydrogens is 208 g/mol. The Kier molecular flexibility index (Phi) is 4.48. The molecule has 0 aromatic carbocycles. The summed E-state index contributed by atoms with van der Waals surface area (Å²) in [5.74, 6) is 0. The standard InChI is InChI=1S/C15H30N2/c1-15(2)10-6-4-9-14(15)17-11-7-5-8-13(17)12-16-3/h13-14,16H,4-12H2,1-3H3. The highest BCUT2D eigenvalue weighted by molar-refractivity contribution is 4.94. The number of rotatable bonds is 3. The molecule has 1 aliphatic carbocycles. The van der Waals surface area contributed by atoms with Crippen LogP contribution in [-0.2, 0) is 0 Å². The number of hydrogen-bond acceptors (Lipinski definition) is 2. The molecule has 0 radical (unpaired) electrons. The quantitative estimate of drug-likeness (QED) is 0.813. The third kappa shape index (κ3) is 3.03. The van der Waals surface area contributed by atoms with Crippen LogP contribution in [0.15, 0.2) is 0 Å². The van der Waals surface area contributed by atoms with E-state index in [1.165, 1.54) is 58.0 Å². The van der Waals surface area contributed by atoms with Crippen LogP contribution in [0.4, 0.5) is 0 Å². The van der Waals surface area contributed by atoms with Gasteiger partial charge in [0.1, 0.15) is 0 Å². The molecule has 2 nitrogen and oxygen atoms in total. The first-order valence-corrected chi connectivity index (χ1v) is 7.55. The fourth-order valence-electron chi connectivity index (χ4n) is 3.98. The van der Waals surface area contributed by atoms with Crippen molar-refractivity contribution < 1.29 is 0 Å². The van der Waals surface area contributed by atoms with E-state index < -0.39 is 0 Å². The van der Waals surface area contributed by atoms with Crippen LogP contribution in [0.25, 0.3) is 0 Å². The monoisotopic (exact) mass is 238 g/mol. The van der Waals surface area contributed by atoms with Gasteiger partial charge in [-0.05, 0) is 44.7 Å². The molecule has 2 unspecified atom stereocenters. The highest BCUT2D eigenvalue weighted by Gasteiger charge is 2.39. The van der Waals surface area contributed by atoms with Crippen molar-refractivity contribution in [2.45, 2.75) is 70.9 Å². The zero-order valence-corrected chi connectivity index (χ0v) is 12.0. The molecule has 1 N–H and O–H groups in total. The van der Waals surface area contributed by atoms with Crippen LogP contribution in [0.3, 0.4) is 0 Å². The minimum atomic E-state index is 0.529. The summed E-state index contributed by atoms with van der Waals surface area (Å²) in [7, 11) is 2.10. The van der Waals surface area contributed by atoms with Crippen molar-refractivity contribution in [3.8, 4) is 0 Å². The van der Waals surface area contributed by atoms with Crippen LogP contribution in [0.5, 0.6) is 0 Å². The summed E-state index contributed by atoms with van der Waals surface area (Å²) in [6.45, 7) is 7.48. The van der Waals surface area contributed by atoms with Gasteiger partial charge in [0.25, 0.3) is 0 Å². The van der Waals surface area contributed by atoms with Gasteiger partial charge in [-0.2, -0.15) is 0 Å². The topological polar surface area (TPSA) is 15.3 Å². The molecule has 2 heteroatoms. The van der Waals surface area contributed by atoms with Gasteiger partial charge >= 0.3 is 0 Å². The van der Waals surface area contributed by atoms with Crippen molar-refractivity contribution in [1.29, 1.82) is 0 Å². The number of hydrogen-bond donors (Lipinski definition) is 1.